The number of carbonyl (C=O) groups is 3. The van der Waals surface area contributed by atoms with Crippen LogP contribution in [0.5, 0.6) is 0 Å². The van der Waals surface area contributed by atoms with Crippen LogP contribution in [0.15, 0.2) is 182 Å². The van der Waals surface area contributed by atoms with Gasteiger partial charge in [0.1, 0.15) is 25.4 Å². The minimum atomic E-state index is -4.95. The standard InChI is InChI=1S/C93H154O16P2/c1-4-7-10-13-16-19-22-25-28-31-34-37-40-41-42-43-44-45-48-50-52-55-58-61-64-67-70-73-76-79-91(96)103-82-88(94)83-105-110(99,100)106-84-89(95)85-107-111(101,102)108-87-90(109-93(98)81-78-75-72-69-66-63-60-57-54-51-47-39-36-33-30-27-24-21-18-15-12-9-6-3)86-104-92(97)80-77-74-71-68-65-62-59-56-53-49-46-38-35-32-29-26-23-20-17-14-11-8-5-2/h8-9,11-12,16-21,25-30,34-39,41-42,49,51,53-54,59,62,88-90,94-95H,4-7,10,13-15,22-24,31-33,40,43-48,50,52,55-58,60-61,63-87H2,1-3H3,(H,99,100)(H,101,102)/b11-8-,12-9-,19-16-,20-17-,21-18-,28-25-,29-26-,30-27-,37-34-,38-35-,39-36-,42-41-,53-49-,54-51-,62-59-. The van der Waals surface area contributed by atoms with Crippen LogP contribution in [0.4, 0.5) is 0 Å². The molecule has 16 nitrogen and oxygen atoms in total. The molecule has 0 bridgehead atoms. The Bertz CT molecular complexity index is 2750. The van der Waals surface area contributed by atoms with Crippen molar-refractivity contribution in [2.45, 2.75) is 347 Å². The fourth-order valence-electron chi connectivity index (χ4n) is 11.1. The maximum atomic E-state index is 13.0. The summed E-state index contributed by atoms with van der Waals surface area (Å²) in [6, 6.07) is 0. The minimum Gasteiger partial charge on any atom is -0.463 e. The molecule has 0 aliphatic rings. The van der Waals surface area contributed by atoms with Gasteiger partial charge in [0.25, 0.3) is 0 Å². The number of phosphoric acid groups is 2. The summed E-state index contributed by atoms with van der Waals surface area (Å²) in [6.07, 6.45) is 109. The highest BCUT2D eigenvalue weighted by atomic mass is 31.2. The van der Waals surface area contributed by atoms with E-state index in [1.54, 1.807) is 0 Å². The van der Waals surface area contributed by atoms with E-state index in [2.05, 4.69) is 203 Å². The number of hydrogen-bond acceptors (Lipinski definition) is 14. The number of carbonyl (C=O) groups excluding carboxylic acids is 3. The summed E-state index contributed by atoms with van der Waals surface area (Å²) in [5, 5.41) is 20.7. The highest BCUT2D eigenvalue weighted by Gasteiger charge is 2.29. The Morgan fingerprint density at radius 3 is 0.757 bits per heavy atom. The molecular weight excluding hydrogens is 1430 g/mol. The Morgan fingerprint density at radius 2 is 0.477 bits per heavy atom. The zero-order chi connectivity index (χ0) is 80.8. The largest absolute Gasteiger partial charge is 0.472 e. The van der Waals surface area contributed by atoms with Gasteiger partial charge in [-0.15, -0.1) is 0 Å². The van der Waals surface area contributed by atoms with Gasteiger partial charge < -0.3 is 34.2 Å². The number of aliphatic hydroxyl groups is 2. The summed E-state index contributed by atoms with van der Waals surface area (Å²) in [5.74, 6) is -1.62. The van der Waals surface area contributed by atoms with Gasteiger partial charge in [-0.2, -0.15) is 0 Å². The summed E-state index contributed by atoms with van der Waals surface area (Å²) < 4.78 is 61.3. The molecule has 5 atom stereocenters. The van der Waals surface area contributed by atoms with Crippen molar-refractivity contribution in [3.8, 4) is 0 Å². The molecule has 4 N–H and O–H groups in total. The summed E-state index contributed by atoms with van der Waals surface area (Å²) in [5.41, 5.74) is 0. The van der Waals surface area contributed by atoms with Gasteiger partial charge in [-0.1, -0.05) is 331 Å². The van der Waals surface area contributed by atoms with E-state index in [1.807, 2.05) is 0 Å². The van der Waals surface area contributed by atoms with E-state index in [-0.39, 0.29) is 19.3 Å². The van der Waals surface area contributed by atoms with Gasteiger partial charge in [0.2, 0.25) is 0 Å². The predicted octanol–water partition coefficient (Wildman–Crippen LogP) is 26.1. The van der Waals surface area contributed by atoms with Crippen molar-refractivity contribution in [2.75, 3.05) is 39.6 Å². The fraction of sp³-hybridized carbons (Fsp3) is 0.645. The molecular formula is C93H154O16P2. The molecule has 0 saturated heterocycles. The maximum absolute atomic E-state index is 13.0. The van der Waals surface area contributed by atoms with Crippen LogP contribution in [0.2, 0.25) is 0 Å². The summed E-state index contributed by atoms with van der Waals surface area (Å²) in [4.78, 5) is 58.9. The minimum absolute atomic E-state index is 0.0780. The monoisotopic (exact) mass is 1590 g/mol. The third kappa shape index (κ3) is 85.4. The molecule has 0 fully saturated rings. The lowest BCUT2D eigenvalue weighted by Crippen LogP contribution is -2.30. The molecule has 0 aromatic rings. The zero-order valence-corrected chi connectivity index (χ0v) is 71.1. The Kier molecular flexibility index (Phi) is 80.0. The molecule has 111 heavy (non-hydrogen) atoms. The smallest absolute Gasteiger partial charge is 0.463 e. The van der Waals surface area contributed by atoms with Gasteiger partial charge in [0, 0.05) is 19.3 Å². The molecule has 0 spiro atoms. The van der Waals surface area contributed by atoms with Gasteiger partial charge in [0.05, 0.1) is 26.4 Å². The number of rotatable bonds is 80. The predicted molar refractivity (Wildman–Crippen MR) is 463 cm³/mol. The molecule has 0 amide bonds. The number of aliphatic hydroxyl groups excluding tert-OH is 2. The number of ether oxygens (including phenoxy) is 3. The van der Waals surface area contributed by atoms with Crippen LogP contribution < -0.4 is 0 Å². The first-order chi connectivity index (χ1) is 54.2. The van der Waals surface area contributed by atoms with E-state index in [9.17, 15) is 43.5 Å². The number of unbranched alkanes of at least 4 members (excludes halogenated alkanes) is 27. The summed E-state index contributed by atoms with van der Waals surface area (Å²) >= 11 is 0. The van der Waals surface area contributed by atoms with Crippen LogP contribution in [0.25, 0.3) is 0 Å². The van der Waals surface area contributed by atoms with E-state index in [0.717, 1.165) is 186 Å². The molecule has 0 aliphatic carbocycles. The molecule has 18 heteroatoms. The molecule has 632 valence electrons. The van der Waals surface area contributed by atoms with Crippen LogP contribution in [-0.2, 0) is 55.8 Å². The van der Waals surface area contributed by atoms with Gasteiger partial charge >= 0.3 is 33.6 Å². The molecule has 0 heterocycles. The van der Waals surface area contributed by atoms with E-state index < -0.39 is 91.5 Å². The van der Waals surface area contributed by atoms with Crippen molar-refractivity contribution in [3.63, 3.8) is 0 Å². The van der Waals surface area contributed by atoms with Gasteiger partial charge in [-0.25, -0.2) is 9.13 Å². The van der Waals surface area contributed by atoms with Crippen LogP contribution in [0.1, 0.15) is 329 Å². The lowest BCUT2D eigenvalue weighted by Gasteiger charge is -2.21. The van der Waals surface area contributed by atoms with Crippen molar-refractivity contribution in [2.24, 2.45) is 0 Å². The normalized spacial score (nSPS) is 14.8. The van der Waals surface area contributed by atoms with Gasteiger partial charge in [-0.05, 0) is 161 Å². The van der Waals surface area contributed by atoms with Gasteiger partial charge in [-0.3, -0.25) is 32.5 Å². The molecule has 0 aliphatic heterocycles. The third-order valence-corrected chi connectivity index (χ3v) is 19.5. The van der Waals surface area contributed by atoms with E-state index >= 15 is 0 Å². The highest BCUT2D eigenvalue weighted by molar-refractivity contribution is 7.47. The SMILES string of the molecule is CC/C=C\C/C=C\C/C=C\C/C=C\C/C=C\C/C=C\CCCCCCC(=O)OCC(COP(=O)(O)OCC(O)COP(=O)(O)OCC(O)COC(=O)CCCCCCCCCCCCCCC/C=C\C/C=C\C/C=C\C/C=C\CCCCC)OC(=O)CCCCCCCCC/C=C\C/C=C\C/C=C\C/C=C\C/C=C\CC. The van der Waals surface area contributed by atoms with Crippen molar-refractivity contribution in [3.05, 3.63) is 182 Å². The van der Waals surface area contributed by atoms with E-state index in [0.29, 0.717) is 19.3 Å². The Hall–Kier alpha value is -5.35. The molecule has 0 aromatic heterocycles. The van der Waals surface area contributed by atoms with Crippen LogP contribution in [-0.4, -0.2) is 95.9 Å². The van der Waals surface area contributed by atoms with Crippen molar-refractivity contribution >= 4 is 33.6 Å². The van der Waals surface area contributed by atoms with Crippen LogP contribution >= 0.6 is 15.6 Å². The topological polar surface area (TPSA) is 231 Å². The second-order valence-electron chi connectivity index (χ2n) is 28.2. The van der Waals surface area contributed by atoms with Crippen molar-refractivity contribution in [1.29, 1.82) is 0 Å². The average Bonchev–Trinajstić information content (AvgIpc) is 0.899. The first kappa shape index (κ1) is 106. The van der Waals surface area contributed by atoms with E-state index in [4.69, 9.17) is 32.3 Å². The first-order valence-corrected chi connectivity index (χ1v) is 46.1. The first-order valence-electron chi connectivity index (χ1n) is 43.1. The zero-order valence-electron chi connectivity index (χ0n) is 69.3. The van der Waals surface area contributed by atoms with Gasteiger partial charge in [0.15, 0.2) is 6.10 Å². The van der Waals surface area contributed by atoms with Crippen molar-refractivity contribution < 1.29 is 75.8 Å². The number of allylic oxidation sites excluding steroid dienone is 30. The third-order valence-electron chi connectivity index (χ3n) is 17.6. The Balaban J connectivity index is 4.68. The Labute approximate surface area is 675 Å². The number of hydrogen-bond donors (Lipinski definition) is 4. The molecule has 0 radical (unpaired) electrons. The second-order valence-corrected chi connectivity index (χ2v) is 31.1. The average molecular weight is 1590 g/mol. The summed E-state index contributed by atoms with van der Waals surface area (Å²) in [7, 11) is -9.83. The fourth-order valence-corrected chi connectivity index (χ4v) is 12.7. The second kappa shape index (κ2) is 84.1. The number of phosphoric ester groups is 2. The Morgan fingerprint density at radius 1 is 0.261 bits per heavy atom. The lowest BCUT2D eigenvalue weighted by molar-refractivity contribution is -0.161. The molecule has 5 unspecified atom stereocenters. The quantitative estimate of drug-likeness (QED) is 0.0146. The van der Waals surface area contributed by atoms with Crippen LogP contribution in [0.3, 0.4) is 0 Å². The molecule has 0 saturated carbocycles. The summed E-state index contributed by atoms with van der Waals surface area (Å²) in [6.45, 7) is 2.39. The number of esters is 3. The lowest BCUT2D eigenvalue weighted by atomic mass is 10.0. The van der Waals surface area contributed by atoms with Crippen molar-refractivity contribution in [1.82, 2.24) is 0 Å². The molecule has 0 rings (SSSR count). The maximum Gasteiger partial charge on any atom is 0.472 e. The highest BCUT2D eigenvalue weighted by Crippen LogP contribution is 2.45. The molecule has 0 aromatic carbocycles. The van der Waals surface area contributed by atoms with Crippen LogP contribution in [0, 0.1) is 0 Å². The van der Waals surface area contributed by atoms with E-state index in [1.165, 1.54) is 83.5 Å².